The van der Waals surface area contributed by atoms with Crippen LogP contribution in [0.3, 0.4) is 0 Å². The SMILES string of the molecule is CC(=O)Nc1cc(Cl)cc(C(=O)NC(C)(C)c2cn(CCO)nn2)c1. The molecule has 0 spiro atoms. The van der Waals surface area contributed by atoms with Gasteiger partial charge >= 0.3 is 0 Å². The first kappa shape index (κ1) is 18.9. The lowest BCUT2D eigenvalue weighted by molar-refractivity contribution is -0.114. The highest BCUT2D eigenvalue weighted by molar-refractivity contribution is 6.31. The molecule has 8 nitrogen and oxygen atoms in total. The van der Waals surface area contributed by atoms with Crippen LogP contribution < -0.4 is 10.6 Å². The maximum absolute atomic E-state index is 12.6. The molecule has 2 rings (SSSR count). The van der Waals surface area contributed by atoms with Crippen LogP contribution in [0.15, 0.2) is 24.4 Å². The zero-order chi connectivity index (χ0) is 18.6. The van der Waals surface area contributed by atoms with E-state index in [9.17, 15) is 9.59 Å². The van der Waals surface area contributed by atoms with Gasteiger partial charge in [0.15, 0.2) is 0 Å². The fourth-order valence-electron chi connectivity index (χ4n) is 2.21. The summed E-state index contributed by atoms with van der Waals surface area (Å²) >= 11 is 6.02. The van der Waals surface area contributed by atoms with Crippen molar-refractivity contribution in [3.05, 3.63) is 40.7 Å². The summed E-state index contributed by atoms with van der Waals surface area (Å²) in [5, 5.41) is 22.7. The first-order valence-electron chi connectivity index (χ1n) is 7.63. The van der Waals surface area contributed by atoms with E-state index < -0.39 is 5.54 Å². The molecule has 134 valence electrons. The van der Waals surface area contributed by atoms with Crippen molar-refractivity contribution in [2.75, 3.05) is 11.9 Å². The van der Waals surface area contributed by atoms with Crippen LogP contribution in [0.25, 0.3) is 0 Å². The molecule has 3 N–H and O–H groups in total. The molecule has 2 amide bonds. The Labute approximate surface area is 150 Å². The molecule has 1 aromatic heterocycles. The van der Waals surface area contributed by atoms with Gasteiger partial charge in [0.1, 0.15) is 5.69 Å². The summed E-state index contributed by atoms with van der Waals surface area (Å²) < 4.78 is 1.50. The first-order valence-corrected chi connectivity index (χ1v) is 8.01. The molecule has 9 heteroatoms. The molecule has 0 bridgehead atoms. The van der Waals surface area contributed by atoms with Crippen molar-refractivity contribution >= 4 is 29.1 Å². The van der Waals surface area contributed by atoms with Crippen LogP contribution in [0, 0.1) is 0 Å². The molecule has 0 atom stereocenters. The van der Waals surface area contributed by atoms with E-state index in [-0.39, 0.29) is 18.4 Å². The van der Waals surface area contributed by atoms with Crippen molar-refractivity contribution in [2.24, 2.45) is 0 Å². The molecule has 0 aliphatic rings. The van der Waals surface area contributed by atoms with Gasteiger partial charge in [-0.05, 0) is 32.0 Å². The second-order valence-corrected chi connectivity index (χ2v) is 6.52. The van der Waals surface area contributed by atoms with Gasteiger partial charge in [0.2, 0.25) is 5.91 Å². The standard InChI is InChI=1S/C16H20ClN5O3/c1-10(24)18-13-7-11(6-12(17)8-13)15(25)19-16(2,3)14-9-22(4-5-23)21-20-14/h6-9,23H,4-5H2,1-3H3,(H,18,24)(H,19,25). The van der Waals surface area contributed by atoms with Crippen molar-refractivity contribution in [1.82, 2.24) is 20.3 Å². The lowest BCUT2D eigenvalue weighted by Crippen LogP contribution is -2.41. The second kappa shape index (κ2) is 7.62. The fraction of sp³-hybridized carbons (Fsp3) is 0.375. The molecule has 1 aromatic carbocycles. The zero-order valence-corrected chi connectivity index (χ0v) is 15.0. The number of carbonyl (C=O) groups is 2. The molecule has 0 saturated carbocycles. The summed E-state index contributed by atoms with van der Waals surface area (Å²) in [6.45, 7) is 5.23. The van der Waals surface area contributed by atoms with E-state index in [0.717, 1.165) is 0 Å². The second-order valence-electron chi connectivity index (χ2n) is 6.08. The molecule has 2 aromatic rings. The van der Waals surface area contributed by atoms with Crippen LogP contribution in [-0.4, -0.2) is 38.5 Å². The fourth-order valence-corrected chi connectivity index (χ4v) is 2.45. The number of aliphatic hydroxyl groups excluding tert-OH is 1. The third kappa shape index (κ3) is 5.01. The third-order valence-corrected chi connectivity index (χ3v) is 3.63. The Bertz CT molecular complexity index is 788. The summed E-state index contributed by atoms with van der Waals surface area (Å²) in [7, 11) is 0. The number of anilines is 1. The number of hydrogen-bond acceptors (Lipinski definition) is 5. The Hall–Kier alpha value is -2.45. The number of hydrogen-bond donors (Lipinski definition) is 3. The van der Waals surface area contributed by atoms with Gasteiger partial charge in [0, 0.05) is 23.2 Å². The monoisotopic (exact) mass is 365 g/mol. The summed E-state index contributed by atoms with van der Waals surface area (Å²) in [5.74, 6) is -0.620. The Morgan fingerprint density at radius 2 is 2.04 bits per heavy atom. The number of amides is 2. The molecular weight excluding hydrogens is 346 g/mol. The minimum Gasteiger partial charge on any atom is -0.394 e. The Morgan fingerprint density at radius 3 is 2.68 bits per heavy atom. The average Bonchev–Trinajstić information content (AvgIpc) is 2.95. The lowest BCUT2D eigenvalue weighted by Gasteiger charge is -2.24. The van der Waals surface area contributed by atoms with Crippen LogP contribution in [0.5, 0.6) is 0 Å². The number of nitrogens with one attached hydrogen (secondary N) is 2. The number of aliphatic hydroxyl groups is 1. The minimum absolute atomic E-state index is 0.0516. The molecule has 0 saturated heterocycles. The van der Waals surface area contributed by atoms with Gasteiger partial charge in [0.05, 0.1) is 24.9 Å². The highest BCUT2D eigenvalue weighted by atomic mass is 35.5. The van der Waals surface area contributed by atoms with Crippen molar-refractivity contribution in [3.63, 3.8) is 0 Å². The molecule has 0 aliphatic heterocycles. The van der Waals surface area contributed by atoms with Gasteiger partial charge in [-0.1, -0.05) is 16.8 Å². The topological polar surface area (TPSA) is 109 Å². The maximum Gasteiger partial charge on any atom is 0.252 e. The van der Waals surface area contributed by atoms with E-state index in [2.05, 4.69) is 20.9 Å². The first-order chi connectivity index (χ1) is 11.7. The van der Waals surface area contributed by atoms with Crippen LogP contribution in [-0.2, 0) is 16.9 Å². The van der Waals surface area contributed by atoms with E-state index in [1.165, 1.54) is 17.7 Å². The highest BCUT2D eigenvalue weighted by Gasteiger charge is 2.27. The van der Waals surface area contributed by atoms with Crippen molar-refractivity contribution < 1.29 is 14.7 Å². The Morgan fingerprint density at radius 1 is 1.32 bits per heavy atom. The van der Waals surface area contributed by atoms with Gasteiger partial charge < -0.3 is 15.7 Å². The van der Waals surface area contributed by atoms with E-state index >= 15 is 0 Å². The predicted octanol–water partition coefficient (Wildman–Crippen LogP) is 1.55. The molecule has 0 radical (unpaired) electrons. The summed E-state index contributed by atoms with van der Waals surface area (Å²) in [5.41, 5.74) is 0.517. The third-order valence-electron chi connectivity index (χ3n) is 3.41. The van der Waals surface area contributed by atoms with E-state index in [1.54, 1.807) is 32.2 Å². The van der Waals surface area contributed by atoms with Gasteiger partial charge in [-0.15, -0.1) is 5.10 Å². The molecular formula is C16H20ClN5O3. The van der Waals surface area contributed by atoms with Crippen molar-refractivity contribution in [1.29, 1.82) is 0 Å². The van der Waals surface area contributed by atoms with E-state index in [0.29, 0.717) is 28.5 Å². The van der Waals surface area contributed by atoms with Gasteiger partial charge in [-0.2, -0.15) is 0 Å². The van der Waals surface area contributed by atoms with Gasteiger partial charge in [-0.25, -0.2) is 4.68 Å². The van der Waals surface area contributed by atoms with E-state index in [1.807, 2.05) is 0 Å². The minimum atomic E-state index is -0.790. The molecule has 25 heavy (non-hydrogen) atoms. The predicted molar refractivity (Wildman–Crippen MR) is 93.4 cm³/mol. The van der Waals surface area contributed by atoms with Crippen molar-refractivity contribution in [2.45, 2.75) is 32.9 Å². The summed E-state index contributed by atoms with van der Waals surface area (Å²) in [6.07, 6.45) is 1.66. The maximum atomic E-state index is 12.6. The van der Waals surface area contributed by atoms with Crippen LogP contribution in [0.2, 0.25) is 5.02 Å². The van der Waals surface area contributed by atoms with Gasteiger partial charge in [-0.3, -0.25) is 9.59 Å². The number of halogens is 1. The van der Waals surface area contributed by atoms with Crippen LogP contribution in [0.1, 0.15) is 36.8 Å². The number of rotatable bonds is 6. The van der Waals surface area contributed by atoms with Gasteiger partial charge in [0.25, 0.3) is 5.91 Å². The smallest absolute Gasteiger partial charge is 0.252 e. The lowest BCUT2D eigenvalue weighted by atomic mass is 10.0. The van der Waals surface area contributed by atoms with Crippen LogP contribution in [0.4, 0.5) is 5.69 Å². The summed E-state index contributed by atoms with van der Waals surface area (Å²) in [4.78, 5) is 23.8. The zero-order valence-electron chi connectivity index (χ0n) is 14.2. The number of nitrogens with zero attached hydrogens (tertiary/aromatic N) is 3. The molecule has 0 unspecified atom stereocenters. The number of carbonyl (C=O) groups excluding carboxylic acids is 2. The highest BCUT2D eigenvalue weighted by Crippen LogP contribution is 2.22. The van der Waals surface area contributed by atoms with Crippen LogP contribution >= 0.6 is 11.6 Å². The normalized spacial score (nSPS) is 11.2. The largest absolute Gasteiger partial charge is 0.394 e. The molecule has 0 fully saturated rings. The summed E-state index contributed by atoms with van der Waals surface area (Å²) in [6, 6.07) is 4.62. The number of aromatic nitrogens is 3. The quantitative estimate of drug-likeness (QED) is 0.719. The molecule has 1 heterocycles. The molecule has 0 aliphatic carbocycles. The average molecular weight is 366 g/mol. The Balaban J connectivity index is 2.19. The number of benzene rings is 1. The Kier molecular flexibility index (Phi) is 5.76. The van der Waals surface area contributed by atoms with Crippen molar-refractivity contribution in [3.8, 4) is 0 Å². The van der Waals surface area contributed by atoms with E-state index in [4.69, 9.17) is 16.7 Å².